The molecule has 0 aliphatic heterocycles. The van der Waals surface area contributed by atoms with Gasteiger partial charge in [-0.1, -0.05) is 18.2 Å². The van der Waals surface area contributed by atoms with Crippen molar-refractivity contribution in [2.45, 2.75) is 19.4 Å². The Morgan fingerprint density at radius 1 is 1.25 bits per heavy atom. The number of nitrogens with one attached hydrogen (secondary N) is 1. The predicted octanol–water partition coefficient (Wildman–Crippen LogP) is 3.64. The fourth-order valence-electron chi connectivity index (χ4n) is 2.64. The lowest BCUT2D eigenvalue weighted by molar-refractivity contribution is 0.552. The summed E-state index contributed by atoms with van der Waals surface area (Å²) in [7, 11) is 2.00. The molecule has 3 heteroatoms. The van der Waals surface area contributed by atoms with Crippen molar-refractivity contribution >= 4 is 10.9 Å². The smallest absolute Gasteiger partial charge is 0.0935 e. The van der Waals surface area contributed by atoms with Crippen molar-refractivity contribution in [3.63, 3.8) is 0 Å². The Morgan fingerprint density at radius 3 is 2.85 bits per heavy atom. The van der Waals surface area contributed by atoms with Crippen molar-refractivity contribution < 1.29 is 4.42 Å². The highest BCUT2D eigenvalue weighted by molar-refractivity contribution is 5.82. The average Bonchev–Trinajstić information content (AvgIpc) is 2.97. The van der Waals surface area contributed by atoms with Crippen molar-refractivity contribution in [3.8, 4) is 0 Å². The number of para-hydroxylation sites is 1. The van der Waals surface area contributed by atoms with Crippen LogP contribution < -0.4 is 5.32 Å². The number of rotatable bonds is 4. The number of aromatic nitrogens is 1. The van der Waals surface area contributed by atoms with Gasteiger partial charge in [0.25, 0.3) is 0 Å². The first-order chi connectivity index (χ1) is 9.78. The molecular weight excluding hydrogens is 248 g/mol. The third-order valence-electron chi connectivity index (χ3n) is 3.62. The third-order valence-corrected chi connectivity index (χ3v) is 3.62. The molecule has 1 aromatic carbocycles. The molecule has 3 aromatic rings. The third kappa shape index (κ3) is 2.45. The fourth-order valence-corrected chi connectivity index (χ4v) is 2.64. The van der Waals surface area contributed by atoms with Gasteiger partial charge in [0.15, 0.2) is 0 Å². The summed E-state index contributed by atoms with van der Waals surface area (Å²) in [5.41, 5.74) is 4.58. The van der Waals surface area contributed by atoms with Crippen LogP contribution in [0.25, 0.3) is 10.9 Å². The molecule has 1 N–H and O–H groups in total. The van der Waals surface area contributed by atoms with Crippen LogP contribution in [0.1, 0.15) is 22.9 Å². The molecular formula is C17H18N2O. The Bertz CT molecular complexity index is 704. The van der Waals surface area contributed by atoms with E-state index >= 15 is 0 Å². The molecule has 3 rings (SSSR count). The molecule has 0 amide bonds. The lowest BCUT2D eigenvalue weighted by Gasteiger charge is -2.18. The normalized spacial score (nSPS) is 12.7. The first-order valence-electron chi connectivity index (χ1n) is 6.82. The summed E-state index contributed by atoms with van der Waals surface area (Å²) in [6.07, 6.45) is 4.43. The topological polar surface area (TPSA) is 38.1 Å². The molecule has 2 aromatic heterocycles. The van der Waals surface area contributed by atoms with E-state index in [0.717, 1.165) is 17.6 Å². The van der Waals surface area contributed by atoms with E-state index in [1.807, 2.05) is 26.1 Å². The van der Waals surface area contributed by atoms with Crippen LogP contribution in [-0.2, 0) is 6.42 Å². The highest BCUT2D eigenvalue weighted by Crippen LogP contribution is 2.26. The molecule has 20 heavy (non-hydrogen) atoms. The van der Waals surface area contributed by atoms with Gasteiger partial charge in [0.1, 0.15) is 0 Å². The van der Waals surface area contributed by atoms with Gasteiger partial charge < -0.3 is 9.73 Å². The summed E-state index contributed by atoms with van der Waals surface area (Å²) in [6, 6.07) is 12.7. The number of aryl methyl sites for hydroxylation is 1. The number of benzene rings is 1. The number of hydrogen-bond acceptors (Lipinski definition) is 3. The van der Waals surface area contributed by atoms with Crippen LogP contribution in [0.4, 0.5) is 0 Å². The molecule has 0 aliphatic rings. The van der Waals surface area contributed by atoms with Crippen LogP contribution in [0.5, 0.6) is 0 Å². The van der Waals surface area contributed by atoms with Gasteiger partial charge in [0, 0.05) is 17.1 Å². The lowest BCUT2D eigenvalue weighted by atomic mass is 9.96. The maximum absolute atomic E-state index is 5.17. The number of furan rings is 1. The van der Waals surface area contributed by atoms with Gasteiger partial charge in [-0.2, -0.15) is 0 Å². The standard InChI is InChI=1S/C17H18N2O/c1-12-9-15(14-5-3-4-6-16(14)19-12)17(18-2)10-13-7-8-20-11-13/h3-9,11,17-18H,10H2,1-2H3. The minimum atomic E-state index is 0.249. The molecule has 0 saturated heterocycles. The minimum Gasteiger partial charge on any atom is -0.472 e. The Balaban J connectivity index is 2.06. The van der Waals surface area contributed by atoms with Crippen LogP contribution in [0.3, 0.4) is 0 Å². The van der Waals surface area contributed by atoms with E-state index in [4.69, 9.17) is 4.42 Å². The molecule has 3 nitrogen and oxygen atoms in total. The highest BCUT2D eigenvalue weighted by atomic mass is 16.3. The van der Waals surface area contributed by atoms with Gasteiger partial charge >= 0.3 is 0 Å². The Morgan fingerprint density at radius 2 is 2.10 bits per heavy atom. The lowest BCUT2D eigenvalue weighted by Crippen LogP contribution is -2.19. The summed E-state index contributed by atoms with van der Waals surface area (Å²) in [5, 5.41) is 4.62. The van der Waals surface area contributed by atoms with E-state index in [1.165, 1.54) is 16.5 Å². The maximum atomic E-state index is 5.17. The molecule has 0 saturated carbocycles. The first kappa shape index (κ1) is 12.9. The molecule has 0 spiro atoms. The molecule has 1 atom stereocenters. The number of likely N-dealkylation sites (N-methyl/N-ethyl adjacent to an activating group) is 1. The van der Waals surface area contributed by atoms with Gasteiger partial charge in [-0.15, -0.1) is 0 Å². The second-order valence-corrected chi connectivity index (χ2v) is 5.05. The molecule has 0 aliphatic carbocycles. The largest absolute Gasteiger partial charge is 0.472 e. The SMILES string of the molecule is CNC(Cc1ccoc1)c1cc(C)nc2ccccc12. The summed E-state index contributed by atoms with van der Waals surface area (Å²) in [5.74, 6) is 0. The van der Waals surface area contributed by atoms with Crippen molar-refractivity contribution in [2.24, 2.45) is 0 Å². The van der Waals surface area contributed by atoms with E-state index < -0.39 is 0 Å². The van der Waals surface area contributed by atoms with Crippen molar-refractivity contribution in [1.29, 1.82) is 0 Å². The minimum absolute atomic E-state index is 0.249. The molecule has 0 fully saturated rings. The maximum Gasteiger partial charge on any atom is 0.0935 e. The van der Waals surface area contributed by atoms with Crippen LogP contribution in [-0.4, -0.2) is 12.0 Å². The molecule has 0 radical (unpaired) electrons. The number of fused-ring (bicyclic) bond motifs is 1. The van der Waals surface area contributed by atoms with E-state index in [2.05, 4.69) is 34.6 Å². The number of hydrogen-bond donors (Lipinski definition) is 1. The van der Waals surface area contributed by atoms with Gasteiger partial charge in [0.05, 0.1) is 18.0 Å². The molecule has 102 valence electrons. The second-order valence-electron chi connectivity index (χ2n) is 5.05. The molecule has 2 heterocycles. The Hall–Kier alpha value is -2.13. The van der Waals surface area contributed by atoms with Gasteiger partial charge in [0.2, 0.25) is 0 Å². The van der Waals surface area contributed by atoms with Gasteiger partial charge in [-0.05, 0) is 49.7 Å². The fraction of sp³-hybridized carbons (Fsp3) is 0.235. The zero-order chi connectivity index (χ0) is 13.9. The van der Waals surface area contributed by atoms with Gasteiger partial charge in [-0.25, -0.2) is 0 Å². The summed E-state index contributed by atoms with van der Waals surface area (Å²) >= 11 is 0. The second kappa shape index (κ2) is 5.47. The number of nitrogens with zero attached hydrogens (tertiary/aromatic N) is 1. The van der Waals surface area contributed by atoms with Crippen LogP contribution in [0.2, 0.25) is 0 Å². The summed E-state index contributed by atoms with van der Waals surface area (Å²) < 4.78 is 5.17. The monoisotopic (exact) mass is 266 g/mol. The predicted molar refractivity (Wildman–Crippen MR) is 80.7 cm³/mol. The average molecular weight is 266 g/mol. The number of pyridine rings is 1. The van der Waals surface area contributed by atoms with Crippen molar-refractivity contribution in [2.75, 3.05) is 7.05 Å². The van der Waals surface area contributed by atoms with E-state index in [9.17, 15) is 0 Å². The quantitative estimate of drug-likeness (QED) is 0.783. The van der Waals surface area contributed by atoms with Crippen LogP contribution in [0, 0.1) is 6.92 Å². The van der Waals surface area contributed by atoms with E-state index in [1.54, 1.807) is 12.5 Å². The van der Waals surface area contributed by atoms with Crippen LogP contribution in [0.15, 0.2) is 53.3 Å². The van der Waals surface area contributed by atoms with Crippen molar-refractivity contribution in [3.05, 3.63) is 65.7 Å². The van der Waals surface area contributed by atoms with E-state index in [-0.39, 0.29) is 6.04 Å². The zero-order valence-electron chi connectivity index (χ0n) is 11.8. The van der Waals surface area contributed by atoms with E-state index in [0.29, 0.717) is 0 Å². The van der Waals surface area contributed by atoms with Crippen molar-refractivity contribution in [1.82, 2.24) is 10.3 Å². The Labute approximate surface area is 118 Å². The zero-order valence-corrected chi connectivity index (χ0v) is 11.8. The molecule has 0 bridgehead atoms. The van der Waals surface area contributed by atoms with Gasteiger partial charge in [-0.3, -0.25) is 4.98 Å². The molecule has 1 unspecified atom stereocenters. The summed E-state index contributed by atoms with van der Waals surface area (Å²) in [4.78, 5) is 4.60. The first-order valence-corrected chi connectivity index (χ1v) is 6.82. The highest BCUT2D eigenvalue weighted by Gasteiger charge is 2.15. The Kier molecular flexibility index (Phi) is 3.52. The summed E-state index contributed by atoms with van der Waals surface area (Å²) in [6.45, 7) is 2.04. The van der Waals surface area contributed by atoms with Crippen LogP contribution >= 0.6 is 0 Å².